The average Bonchev–Trinajstić information content (AvgIpc) is 2.55. The number of nitrogens with zero attached hydrogens (tertiary/aromatic N) is 2. The number of aromatic nitrogens is 1. The number of piperazine rings is 1. The van der Waals surface area contributed by atoms with Gasteiger partial charge in [-0.3, -0.25) is 0 Å². The highest BCUT2D eigenvalue weighted by Gasteiger charge is 2.15. The van der Waals surface area contributed by atoms with Crippen molar-refractivity contribution < 1.29 is 4.74 Å². The molecule has 0 radical (unpaired) electrons. The molecule has 1 N–H and O–H groups in total. The summed E-state index contributed by atoms with van der Waals surface area (Å²) in [5, 5.41) is 3.35. The van der Waals surface area contributed by atoms with Crippen molar-refractivity contribution in [2.24, 2.45) is 0 Å². The lowest BCUT2D eigenvalue weighted by Gasteiger charge is -2.29. The fraction of sp³-hybridized carbons (Fsp3) is 0.312. The number of rotatable bonds is 4. The van der Waals surface area contributed by atoms with E-state index in [1.54, 1.807) is 0 Å². The molecule has 3 rings (SSSR count). The van der Waals surface area contributed by atoms with Gasteiger partial charge in [-0.2, -0.15) is 0 Å². The SMILES string of the molecule is c1ccc(COc2cccnc2N2CCNCC2)cc1. The van der Waals surface area contributed by atoms with Crippen LogP contribution in [0.15, 0.2) is 48.7 Å². The van der Waals surface area contributed by atoms with Crippen LogP contribution in [0, 0.1) is 0 Å². The Kier molecular flexibility index (Phi) is 4.13. The molecule has 104 valence electrons. The van der Waals surface area contributed by atoms with Gasteiger partial charge in [-0.05, 0) is 17.7 Å². The van der Waals surface area contributed by atoms with E-state index in [1.165, 1.54) is 5.56 Å². The number of nitrogens with one attached hydrogen (secondary N) is 1. The Morgan fingerprint density at radius 2 is 1.85 bits per heavy atom. The Balaban J connectivity index is 1.72. The van der Waals surface area contributed by atoms with Crippen LogP contribution in [0.25, 0.3) is 0 Å². The molecule has 1 aliphatic rings. The molecule has 0 amide bonds. The molecular weight excluding hydrogens is 250 g/mol. The van der Waals surface area contributed by atoms with E-state index in [2.05, 4.69) is 27.3 Å². The summed E-state index contributed by atoms with van der Waals surface area (Å²) in [6, 6.07) is 14.1. The Labute approximate surface area is 119 Å². The van der Waals surface area contributed by atoms with Crippen molar-refractivity contribution in [2.75, 3.05) is 31.1 Å². The minimum absolute atomic E-state index is 0.575. The highest BCUT2D eigenvalue weighted by Crippen LogP contribution is 2.26. The van der Waals surface area contributed by atoms with E-state index in [9.17, 15) is 0 Å². The van der Waals surface area contributed by atoms with E-state index in [0.29, 0.717) is 6.61 Å². The first-order chi connectivity index (χ1) is 9.93. The maximum atomic E-state index is 5.95. The fourth-order valence-electron chi connectivity index (χ4n) is 2.34. The third-order valence-electron chi connectivity index (χ3n) is 3.40. The molecule has 0 atom stereocenters. The van der Waals surface area contributed by atoms with Crippen LogP contribution in [-0.4, -0.2) is 31.2 Å². The van der Waals surface area contributed by atoms with Gasteiger partial charge in [-0.15, -0.1) is 0 Å². The second kappa shape index (κ2) is 6.39. The quantitative estimate of drug-likeness (QED) is 0.922. The molecule has 1 aromatic heterocycles. The van der Waals surface area contributed by atoms with E-state index in [4.69, 9.17) is 4.74 Å². The second-order valence-corrected chi connectivity index (χ2v) is 4.84. The summed E-state index contributed by atoms with van der Waals surface area (Å²) in [4.78, 5) is 6.76. The lowest BCUT2D eigenvalue weighted by molar-refractivity contribution is 0.305. The predicted molar refractivity (Wildman–Crippen MR) is 80.1 cm³/mol. The molecule has 2 heterocycles. The molecule has 0 spiro atoms. The van der Waals surface area contributed by atoms with E-state index in [0.717, 1.165) is 37.7 Å². The maximum absolute atomic E-state index is 5.95. The van der Waals surface area contributed by atoms with E-state index >= 15 is 0 Å². The van der Waals surface area contributed by atoms with E-state index in [-0.39, 0.29) is 0 Å². The molecule has 1 aromatic carbocycles. The van der Waals surface area contributed by atoms with Crippen molar-refractivity contribution in [3.05, 3.63) is 54.2 Å². The van der Waals surface area contributed by atoms with Gasteiger partial charge in [0.25, 0.3) is 0 Å². The fourth-order valence-corrected chi connectivity index (χ4v) is 2.34. The zero-order valence-corrected chi connectivity index (χ0v) is 11.5. The summed E-state index contributed by atoms with van der Waals surface area (Å²) in [5.74, 6) is 1.81. The van der Waals surface area contributed by atoms with Gasteiger partial charge >= 0.3 is 0 Å². The second-order valence-electron chi connectivity index (χ2n) is 4.84. The van der Waals surface area contributed by atoms with Crippen molar-refractivity contribution in [3.8, 4) is 5.75 Å². The molecule has 1 saturated heterocycles. The van der Waals surface area contributed by atoms with Gasteiger partial charge in [0.15, 0.2) is 11.6 Å². The Bertz CT molecular complexity index is 538. The smallest absolute Gasteiger partial charge is 0.171 e. The van der Waals surface area contributed by atoms with Crippen molar-refractivity contribution in [1.82, 2.24) is 10.3 Å². The zero-order chi connectivity index (χ0) is 13.6. The summed E-state index contributed by atoms with van der Waals surface area (Å²) in [7, 11) is 0. The maximum Gasteiger partial charge on any atom is 0.171 e. The number of pyridine rings is 1. The van der Waals surface area contributed by atoms with Gasteiger partial charge < -0.3 is 15.0 Å². The first kappa shape index (κ1) is 12.9. The number of hydrogen-bond donors (Lipinski definition) is 1. The van der Waals surface area contributed by atoms with Crippen LogP contribution in [0.4, 0.5) is 5.82 Å². The summed E-state index contributed by atoms with van der Waals surface area (Å²) in [6.07, 6.45) is 1.83. The normalized spacial score (nSPS) is 15.1. The van der Waals surface area contributed by atoms with Crippen molar-refractivity contribution >= 4 is 5.82 Å². The molecule has 0 aliphatic carbocycles. The van der Waals surface area contributed by atoms with E-state index in [1.807, 2.05) is 36.5 Å². The van der Waals surface area contributed by atoms with Crippen LogP contribution in [-0.2, 0) is 6.61 Å². The lowest BCUT2D eigenvalue weighted by Crippen LogP contribution is -2.44. The summed E-state index contributed by atoms with van der Waals surface area (Å²) in [6.45, 7) is 4.51. The molecule has 0 bridgehead atoms. The summed E-state index contributed by atoms with van der Waals surface area (Å²) in [5.41, 5.74) is 1.17. The van der Waals surface area contributed by atoms with Crippen LogP contribution in [0.2, 0.25) is 0 Å². The highest BCUT2D eigenvalue weighted by molar-refractivity contribution is 5.52. The van der Waals surface area contributed by atoms with Crippen LogP contribution >= 0.6 is 0 Å². The van der Waals surface area contributed by atoms with Gasteiger partial charge in [0.05, 0.1) is 0 Å². The topological polar surface area (TPSA) is 37.4 Å². The summed E-state index contributed by atoms with van der Waals surface area (Å²) >= 11 is 0. The number of ether oxygens (including phenoxy) is 1. The van der Waals surface area contributed by atoms with Crippen molar-refractivity contribution in [1.29, 1.82) is 0 Å². The lowest BCUT2D eigenvalue weighted by atomic mass is 10.2. The number of benzene rings is 1. The third-order valence-corrected chi connectivity index (χ3v) is 3.40. The van der Waals surface area contributed by atoms with Crippen LogP contribution in [0.5, 0.6) is 5.75 Å². The molecule has 20 heavy (non-hydrogen) atoms. The number of hydrogen-bond acceptors (Lipinski definition) is 4. The minimum atomic E-state index is 0.575. The molecule has 2 aromatic rings. The molecule has 1 fully saturated rings. The van der Waals surface area contributed by atoms with Gasteiger partial charge in [0.2, 0.25) is 0 Å². The van der Waals surface area contributed by atoms with Crippen LogP contribution < -0.4 is 15.0 Å². The standard InChI is InChI=1S/C16H19N3O/c1-2-5-14(6-3-1)13-20-15-7-4-8-18-16(15)19-11-9-17-10-12-19/h1-8,17H,9-13H2. The molecule has 4 heteroatoms. The van der Waals surface area contributed by atoms with Crippen molar-refractivity contribution in [2.45, 2.75) is 6.61 Å². The molecule has 0 saturated carbocycles. The third kappa shape index (κ3) is 3.08. The largest absolute Gasteiger partial charge is 0.485 e. The van der Waals surface area contributed by atoms with E-state index < -0.39 is 0 Å². The van der Waals surface area contributed by atoms with Gasteiger partial charge in [-0.25, -0.2) is 4.98 Å². The first-order valence-corrected chi connectivity index (χ1v) is 7.01. The zero-order valence-electron chi connectivity index (χ0n) is 11.5. The number of anilines is 1. The molecule has 4 nitrogen and oxygen atoms in total. The average molecular weight is 269 g/mol. The van der Waals surface area contributed by atoms with Gasteiger partial charge in [-0.1, -0.05) is 30.3 Å². The Morgan fingerprint density at radius 1 is 1.05 bits per heavy atom. The highest BCUT2D eigenvalue weighted by atomic mass is 16.5. The first-order valence-electron chi connectivity index (χ1n) is 7.01. The van der Waals surface area contributed by atoms with Gasteiger partial charge in [0.1, 0.15) is 6.61 Å². The van der Waals surface area contributed by atoms with Crippen molar-refractivity contribution in [3.63, 3.8) is 0 Å². The monoisotopic (exact) mass is 269 g/mol. The van der Waals surface area contributed by atoms with Gasteiger partial charge in [0, 0.05) is 32.4 Å². The van der Waals surface area contributed by atoms with Crippen LogP contribution in [0.1, 0.15) is 5.56 Å². The van der Waals surface area contributed by atoms with Crippen LogP contribution in [0.3, 0.4) is 0 Å². The molecular formula is C16H19N3O. The Morgan fingerprint density at radius 3 is 2.65 bits per heavy atom. The molecule has 0 unspecified atom stereocenters. The Hall–Kier alpha value is -2.07. The summed E-state index contributed by atoms with van der Waals surface area (Å²) < 4.78 is 5.95. The molecule has 1 aliphatic heterocycles. The predicted octanol–water partition coefficient (Wildman–Crippen LogP) is 2.07. The minimum Gasteiger partial charge on any atom is -0.485 e.